The van der Waals surface area contributed by atoms with E-state index < -0.39 is 6.04 Å². The fourth-order valence-electron chi connectivity index (χ4n) is 5.04. The van der Waals surface area contributed by atoms with E-state index in [1.807, 2.05) is 53.2 Å². The van der Waals surface area contributed by atoms with Gasteiger partial charge < -0.3 is 10.2 Å². The van der Waals surface area contributed by atoms with Gasteiger partial charge in [0.05, 0.1) is 5.52 Å². The average Bonchev–Trinajstić information content (AvgIpc) is 3.66. The Hall–Kier alpha value is -3.52. The Labute approximate surface area is 215 Å². The van der Waals surface area contributed by atoms with Gasteiger partial charge >= 0.3 is 0 Å². The number of benzene rings is 2. The molecule has 1 aliphatic carbocycles. The molecule has 1 atom stereocenters. The number of carbonyl (C=O) groups is 2. The van der Waals surface area contributed by atoms with Crippen LogP contribution in [0, 0.1) is 6.92 Å². The molecule has 5 rings (SSSR count). The minimum atomic E-state index is -0.692. The first-order valence-corrected chi connectivity index (χ1v) is 13.5. The van der Waals surface area contributed by atoms with Gasteiger partial charge in [0, 0.05) is 12.6 Å². The van der Waals surface area contributed by atoms with E-state index in [-0.39, 0.29) is 24.4 Å². The number of para-hydroxylation sites is 1. The summed E-state index contributed by atoms with van der Waals surface area (Å²) in [5.41, 5.74) is 4.73. The quantitative estimate of drug-likeness (QED) is 0.361. The second kappa shape index (κ2) is 11.0. The van der Waals surface area contributed by atoms with E-state index in [2.05, 4.69) is 34.7 Å². The number of hydrogen-bond acceptors (Lipinski definition) is 5. The average molecular weight is 502 g/mol. The number of rotatable bonds is 9. The van der Waals surface area contributed by atoms with Crippen molar-refractivity contribution in [2.24, 2.45) is 0 Å². The molecule has 4 aromatic rings. The SMILES string of the molecule is Cc1ccccc1CCN(C(=O)Cn1nnc2ccccc21)[C@@H](C(=O)NC1CCCC1)c1ccsc1. The summed E-state index contributed by atoms with van der Waals surface area (Å²) in [4.78, 5) is 29.3. The third-order valence-electron chi connectivity index (χ3n) is 7.03. The Morgan fingerprint density at radius 1 is 1.11 bits per heavy atom. The fraction of sp³-hybridized carbons (Fsp3) is 0.357. The number of fused-ring (bicyclic) bond motifs is 1. The molecule has 1 aliphatic rings. The standard InChI is InChI=1S/C28H31N5O2S/c1-20-8-2-3-9-21(20)14-16-32(26(34)18-33-25-13-7-6-12-24(25)30-31-33)27(22-15-17-36-19-22)28(35)29-23-10-4-5-11-23/h2-3,6-9,12-13,15,17,19,23,27H,4-5,10-11,14,16,18H2,1H3,(H,29,35)/t27-/m1/s1. The van der Waals surface area contributed by atoms with E-state index in [4.69, 9.17) is 0 Å². The summed E-state index contributed by atoms with van der Waals surface area (Å²) < 4.78 is 1.62. The predicted octanol–water partition coefficient (Wildman–Crippen LogP) is 4.67. The molecule has 186 valence electrons. The first-order chi connectivity index (χ1) is 17.6. The lowest BCUT2D eigenvalue weighted by molar-refractivity contribution is -0.141. The zero-order valence-corrected chi connectivity index (χ0v) is 21.3. The number of nitrogens with one attached hydrogen (secondary N) is 1. The van der Waals surface area contributed by atoms with Gasteiger partial charge in [-0.05, 0) is 71.8 Å². The van der Waals surface area contributed by atoms with Gasteiger partial charge in [-0.25, -0.2) is 4.68 Å². The lowest BCUT2D eigenvalue weighted by Gasteiger charge is -2.32. The minimum absolute atomic E-state index is 0.0195. The van der Waals surface area contributed by atoms with Gasteiger partial charge in [-0.3, -0.25) is 9.59 Å². The van der Waals surface area contributed by atoms with E-state index in [1.54, 1.807) is 9.58 Å². The van der Waals surface area contributed by atoms with Crippen LogP contribution in [-0.2, 0) is 22.6 Å². The zero-order valence-electron chi connectivity index (χ0n) is 20.5. The van der Waals surface area contributed by atoms with Gasteiger partial charge in [0.15, 0.2) is 0 Å². The van der Waals surface area contributed by atoms with Crippen molar-refractivity contribution in [1.82, 2.24) is 25.2 Å². The molecule has 7 nitrogen and oxygen atoms in total. The minimum Gasteiger partial charge on any atom is -0.351 e. The normalized spacial score (nSPS) is 14.7. The molecule has 1 saturated carbocycles. The molecule has 1 fully saturated rings. The Morgan fingerprint density at radius 2 is 1.89 bits per heavy atom. The number of carbonyl (C=O) groups excluding carboxylic acids is 2. The highest BCUT2D eigenvalue weighted by atomic mass is 32.1. The summed E-state index contributed by atoms with van der Waals surface area (Å²) in [6, 6.07) is 17.2. The first-order valence-electron chi connectivity index (χ1n) is 12.5. The zero-order chi connectivity index (χ0) is 24.9. The van der Waals surface area contributed by atoms with Crippen LogP contribution in [0.25, 0.3) is 11.0 Å². The predicted molar refractivity (Wildman–Crippen MR) is 142 cm³/mol. The molecule has 0 aliphatic heterocycles. The second-order valence-corrected chi connectivity index (χ2v) is 10.2. The van der Waals surface area contributed by atoms with Gasteiger partial charge in [0.1, 0.15) is 18.1 Å². The van der Waals surface area contributed by atoms with Crippen LogP contribution in [0.5, 0.6) is 0 Å². The molecule has 1 N–H and O–H groups in total. The van der Waals surface area contributed by atoms with E-state index in [0.717, 1.165) is 42.3 Å². The molecular weight excluding hydrogens is 470 g/mol. The van der Waals surface area contributed by atoms with E-state index in [1.165, 1.54) is 22.5 Å². The lowest BCUT2D eigenvalue weighted by atomic mass is 10.0. The van der Waals surface area contributed by atoms with Gasteiger partial charge in [-0.2, -0.15) is 11.3 Å². The summed E-state index contributed by atoms with van der Waals surface area (Å²) in [6.45, 7) is 2.52. The molecule has 2 aromatic carbocycles. The molecule has 8 heteroatoms. The van der Waals surface area contributed by atoms with Crippen LogP contribution < -0.4 is 5.32 Å². The number of hydrogen-bond donors (Lipinski definition) is 1. The van der Waals surface area contributed by atoms with Crippen LogP contribution in [-0.4, -0.2) is 44.3 Å². The highest BCUT2D eigenvalue weighted by Crippen LogP contribution is 2.27. The third kappa shape index (κ3) is 5.33. The highest BCUT2D eigenvalue weighted by Gasteiger charge is 2.33. The van der Waals surface area contributed by atoms with Crippen LogP contribution in [0.4, 0.5) is 0 Å². The Kier molecular flexibility index (Phi) is 7.41. The summed E-state index contributed by atoms with van der Waals surface area (Å²) in [6.07, 6.45) is 4.90. The summed E-state index contributed by atoms with van der Waals surface area (Å²) in [7, 11) is 0. The van der Waals surface area contributed by atoms with Gasteiger partial charge in [-0.1, -0.05) is 54.5 Å². The Bertz CT molecular complexity index is 1330. The first kappa shape index (κ1) is 24.2. The monoisotopic (exact) mass is 501 g/mol. The Balaban J connectivity index is 1.46. The van der Waals surface area contributed by atoms with Crippen LogP contribution >= 0.6 is 11.3 Å². The number of amides is 2. The fourth-order valence-corrected chi connectivity index (χ4v) is 5.71. The van der Waals surface area contributed by atoms with Crippen LogP contribution in [0.3, 0.4) is 0 Å². The molecule has 0 spiro atoms. The smallest absolute Gasteiger partial charge is 0.247 e. The van der Waals surface area contributed by atoms with Crippen molar-refractivity contribution in [3.05, 3.63) is 82.0 Å². The molecular formula is C28H31N5O2S. The number of thiophene rings is 1. The lowest BCUT2D eigenvalue weighted by Crippen LogP contribution is -2.47. The topological polar surface area (TPSA) is 80.1 Å². The van der Waals surface area contributed by atoms with Crippen LogP contribution in [0.15, 0.2) is 65.4 Å². The van der Waals surface area contributed by atoms with Crippen molar-refractivity contribution in [3.8, 4) is 0 Å². The third-order valence-corrected chi connectivity index (χ3v) is 7.73. The van der Waals surface area contributed by atoms with Crippen molar-refractivity contribution in [3.63, 3.8) is 0 Å². The van der Waals surface area contributed by atoms with Crippen molar-refractivity contribution in [2.75, 3.05) is 6.54 Å². The van der Waals surface area contributed by atoms with E-state index >= 15 is 0 Å². The molecule has 2 amide bonds. The maximum absolute atomic E-state index is 13.9. The second-order valence-electron chi connectivity index (χ2n) is 9.45. The van der Waals surface area contributed by atoms with Crippen molar-refractivity contribution >= 4 is 34.2 Å². The number of nitrogens with zero attached hydrogens (tertiary/aromatic N) is 4. The summed E-state index contributed by atoms with van der Waals surface area (Å²) in [5, 5.41) is 15.6. The number of aromatic nitrogens is 3. The summed E-state index contributed by atoms with van der Waals surface area (Å²) >= 11 is 1.54. The molecule has 2 heterocycles. The van der Waals surface area contributed by atoms with Crippen LogP contribution in [0.1, 0.15) is 48.4 Å². The summed E-state index contributed by atoms with van der Waals surface area (Å²) in [5.74, 6) is -0.265. The molecule has 0 unspecified atom stereocenters. The molecule has 0 saturated heterocycles. The van der Waals surface area contributed by atoms with Crippen molar-refractivity contribution in [2.45, 2.75) is 57.7 Å². The molecule has 0 radical (unpaired) electrons. The highest BCUT2D eigenvalue weighted by molar-refractivity contribution is 7.08. The van der Waals surface area contributed by atoms with Crippen LogP contribution in [0.2, 0.25) is 0 Å². The number of aryl methyl sites for hydroxylation is 1. The largest absolute Gasteiger partial charge is 0.351 e. The van der Waals surface area contributed by atoms with E-state index in [0.29, 0.717) is 13.0 Å². The molecule has 2 aromatic heterocycles. The van der Waals surface area contributed by atoms with Crippen molar-refractivity contribution in [1.29, 1.82) is 0 Å². The van der Waals surface area contributed by atoms with E-state index in [9.17, 15) is 9.59 Å². The van der Waals surface area contributed by atoms with Crippen molar-refractivity contribution < 1.29 is 9.59 Å². The van der Waals surface area contributed by atoms with Gasteiger partial charge in [0.25, 0.3) is 0 Å². The molecule has 0 bridgehead atoms. The van der Waals surface area contributed by atoms with Gasteiger partial charge in [0.2, 0.25) is 11.8 Å². The Morgan fingerprint density at radius 3 is 2.67 bits per heavy atom. The van der Waals surface area contributed by atoms with Gasteiger partial charge in [-0.15, -0.1) is 5.10 Å². The molecule has 36 heavy (non-hydrogen) atoms. The maximum atomic E-state index is 13.9. The maximum Gasteiger partial charge on any atom is 0.247 e.